The van der Waals surface area contributed by atoms with Gasteiger partial charge in [0.15, 0.2) is 10.8 Å². The topological polar surface area (TPSA) is 55.1 Å². The van der Waals surface area contributed by atoms with E-state index in [0.717, 1.165) is 5.01 Å². The van der Waals surface area contributed by atoms with Gasteiger partial charge in [0.25, 0.3) is 5.91 Å². The minimum atomic E-state index is -0.115. The number of carbonyl (C=O) groups excluding carboxylic acids is 1. The first-order chi connectivity index (χ1) is 9.99. The standard InChI is InChI=1S/C16H22N2O2S/c1-10(2)12(11(3)4)8-17-15(19)13-9-21-16(18-13)14-6-5-7-20-14/h5-7,9-12H,8H2,1-4H3,(H,17,19). The van der Waals surface area contributed by atoms with Crippen LogP contribution in [0.25, 0.3) is 10.8 Å². The van der Waals surface area contributed by atoms with Gasteiger partial charge in [-0.2, -0.15) is 0 Å². The number of carbonyl (C=O) groups is 1. The smallest absolute Gasteiger partial charge is 0.270 e. The van der Waals surface area contributed by atoms with E-state index in [1.807, 2.05) is 12.1 Å². The van der Waals surface area contributed by atoms with E-state index in [1.54, 1.807) is 11.6 Å². The number of nitrogens with one attached hydrogen (secondary N) is 1. The van der Waals surface area contributed by atoms with Crippen LogP contribution in [0.4, 0.5) is 0 Å². The molecule has 0 radical (unpaired) electrons. The van der Waals surface area contributed by atoms with Crippen molar-refractivity contribution in [3.05, 3.63) is 29.5 Å². The molecule has 1 N–H and O–H groups in total. The first-order valence-electron chi connectivity index (χ1n) is 7.26. The molecule has 2 heterocycles. The lowest BCUT2D eigenvalue weighted by atomic mass is 9.85. The van der Waals surface area contributed by atoms with Crippen LogP contribution in [-0.2, 0) is 0 Å². The molecule has 0 aliphatic rings. The number of rotatable bonds is 6. The van der Waals surface area contributed by atoms with Crippen LogP contribution in [0.3, 0.4) is 0 Å². The van der Waals surface area contributed by atoms with E-state index < -0.39 is 0 Å². The summed E-state index contributed by atoms with van der Waals surface area (Å²) in [6.45, 7) is 9.44. The van der Waals surface area contributed by atoms with E-state index in [1.165, 1.54) is 11.3 Å². The quantitative estimate of drug-likeness (QED) is 0.875. The summed E-state index contributed by atoms with van der Waals surface area (Å²) in [7, 11) is 0. The molecule has 0 spiro atoms. The normalized spacial score (nSPS) is 11.6. The minimum absolute atomic E-state index is 0.115. The molecular formula is C16H22N2O2S. The van der Waals surface area contributed by atoms with Crippen molar-refractivity contribution in [2.75, 3.05) is 6.54 Å². The molecule has 0 unspecified atom stereocenters. The SMILES string of the molecule is CC(C)C(CNC(=O)c1csc(-c2ccco2)n1)C(C)C. The zero-order valence-corrected chi connectivity index (χ0v) is 13.7. The Labute approximate surface area is 129 Å². The molecule has 1 amide bonds. The Morgan fingerprint density at radius 2 is 2.05 bits per heavy atom. The summed E-state index contributed by atoms with van der Waals surface area (Å²) >= 11 is 1.42. The van der Waals surface area contributed by atoms with Gasteiger partial charge in [-0.3, -0.25) is 4.79 Å². The zero-order chi connectivity index (χ0) is 15.4. The van der Waals surface area contributed by atoms with Crippen LogP contribution in [-0.4, -0.2) is 17.4 Å². The third-order valence-electron chi connectivity index (χ3n) is 3.68. The van der Waals surface area contributed by atoms with Crippen LogP contribution < -0.4 is 5.32 Å². The highest BCUT2D eigenvalue weighted by atomic mass is 32.1. The summed E-state index contributed by atoms with van der Waals surface area (Å²) in [5.74, 6) is 2.13. The lowest BCUT2D eigenvalue weighted by molar-refractivity contribution is 0.0933. The minimum Gasteiger partial charge on any atom is -0.462 e. The molecule has 0 aliphatic heterocycles. The highest BCUT2D eigenvalue weighted by Gasteiger charge is 2.19. The molecule has 2 aromatic rings. The van der Waals surface area contributed by atoms with Gasteiger partial charge in [-0.05, 0) is 29.9 Å². The summed E-state index contributed by atoms with van der Waals surface area (Å²) in [6.07, 6.45) is 1.60. The van der Waals surface area contributed by atoms with Crippen molar-refractivity contribution in [2.24, 2.45) is 17.8 Å². The Hall–Kier alpha value is -1.62. The van der Waals surface area contributed by atoms with Crippen LogP contribution in [0.15, 0.2) is 28.2 Å². The first-order valence-corrected chi connectivity index (χ1v) is 8.14. The predicted molar refractivity (Wildman–Crippen MR) is 85.3 cm³/mol. The molecule has 0 fully saturated rings. The van der Waals surface area contributed by atoms with Gasteiger partial charge >= 0.3 is 0 Å². The van der Waals surface area contributed by atoms with Crippen molar-refractivity contribution in [3.8, 4) is 10.8 Å². The number of thiazole rings is 1. The molecule has 114 valence electrons. The molecule has 0 aromatic carbocycles. The van der Waals surface area contributed by atoms with Crippen molar-refractivity contribution in [2.45, 2.75) is 27.7 Å². The maximum Gasteiger partial charge on any atom is 0.270 e. The molecular weight excluding hydrogens is 284 g/mol. The number of aromatic nitrogens is 1. The van der Waals surface area contributed by atoms with Gasteiger partial charge in [0.2, 0.25) is 0 Å². The fourth-order valence-corrected chi connectivity index (χ4v) is 3.20. The van der Waals surface area contributed by atoms with Crippen LogP contribution in [0.1, 0.15) is 38.2 Å². The monoisotopic (exact) mass is 306 g/mol. The second-order valence-electron chi connectivity index (χ2n) is 5.88. The van der Waals surface area contributed by atoms with Crippen molar-refractivity contribution in [1.29, 1.82) is 0 Å². The highest BCUT2D eigenvalue weighted by molar-refractivity contribution is 7.13. The first kappa shape index (κ1) is 15.8. The highest BCUT2D eigenvalue weighted by Crippen LogP contribution is 2.24. The molecule has 0 bridgehead atoms. The number of amides is 1. The molecule has 21 heavy (non-hydrogen) atoms. The van der Waals surface area contributed by atoms with Crippen molar-refractivity contribution in [3.63, 3.8) is 0 Å². The van der Waals surface area contributed by atoms with Gasteiger partial charge in [0.05, 0.1) is 6.26 Å². The second kappa shape index (κ2) is 6.89. The van der Waals surface area contributed by atoms with Gasteiger partial charge in [-0.1, -0.05) is 27.7 Å². The Bertz CT molecular complexity index is 565. The lowest BCUT2D eigenvalue weighted by Crippen LogP contribution is -2.34. The molecule has 0 atom stereocenters. The lowest BCUT2D eigenvalue weighted by Gasteiger charge is -2.24. The van der Waals surface area contributed by atoms with E-state index in [4.69, 9.17) is 4.42 Å². The van der Waals surface area contributed by atoms with Gasteiger partial charge in [0.1, 0.15) is 5.69 Å². The summed E-state index contributed by atoms with van der Waals surface area (Å²) < 4.78 is 5.29. The van der Waals surface area contributed by atoms with Crippen LogP contribution in [0.5, 0.6) is 0 Å². The average molecular weight is 306 g/mol. The molecule has 2 rings (SSSR count). The number of hydrogen-bond acceptors (Lipinski definition) is 4. The fourth-order valence-electron chi connectivity index (χ4n) is 2.43. The summed E-state index contributed by atoms with van der Waals surface area (Å²) in [5.41, 5.74) is 0.456. The van der Waals surface area contributed by atoms with Crippen molar-refractivity contribution < 1.29 is 9.21 Å². The summed E-state index contributed by atoms with van der Waals surface area (Å²) in [6, 6.07) is 3.65. The van der Waals surface area contributed by atoms with Crippen LogP contribution in [0.2, 0.25) is 0 Å². The molecule has 5 heteroatoms. The molecule has 0 aliphatic carbocycles. The third-order valence-corrected chi connectivity index (χ3v) is 4.54. The van der Waals surface area contributed by atoms with Gasteiger partial charge in [0, 0.05) is 11.9 Å². The van der Waals surface area contributed by atoms with E-state index >= 15 is 0 Å². The van der Waals surface area contributed by atoms with Gasteiger partial charge in [-0.25, -0.2) is 4.98 Å². The summed E-state index contributed by atoms with van der Waals surface area (Å²) in [4.78, 5) is 16.5. The summed E-state index contributed by atoms with van der Waals surface area (Å²) in [5, 5.41) is 5.50. The van der Waals surface area contributed by atoms with Crippen LogP contribution in [0, 0.1) is 17.8 Å². The Morgan fingerprint density at radius 3 is 2.62 bits per heavy atom. The van der Waals surface area contributed by atoms with Crippen LogP contribution >= 0.6 is 11.3 Å². The van der Waals surface area contributed by atoms with Crippen molar-refractivity contribution in [1.82, 2.24) is 10.3 Å². The van der Waals surface area contributed by atoms with E-state index in [-0.39, 0.29) is 5.91 Å². The van der Waals surface area contributed by atoms with Gasteiger partial charge in [-0.15, -0.1) is 11.3 Å². The molecule has 0 saturated carbocycles. The number of hydrogen-bond donors (Lipinski definition) is 1. The fraction of sp³-hybridized carbons (Fsp3) is 0.500. The maximum absolute atomic E-state index is 12.2. The molecule has 2 aromatic heterocycles. The molecule has 4 nitrogen and oxygen atoms in total. The molecule has 0 saturated heterocycles. The maximum atomic E-state index is 12.2. The number of furan rings is 1. The second-order valence-corrected chi connectivity index (χ2v) is 6.74. The predicted octanol–water partition coefficient (Wildman–Crippen LogP) is 4.06. The largest absolute Gasteiger partial charge is 0.462 e. The Kier molecular flexibility index (Phi) is 5.17. The zero-order valence-electron chi connectivity index (χ0n) is 12.9. The Morgan fingerprint density at radius 1 is 1.33 bits per heavy atom. The van der Waals surface area contributed by atoms with E-state index in [2.05, 4.69) is 38.0 Å². The van der Waals surface area contributed by atoms with E-state index in [9.17, 15) is 4.79 Å². The van der Waals surface area contributed by atoms with Gasteiger partial charge < -0.3 is 9.73 Å². The third kappa shape index (κ3) is 3.94. The average Bonchev–Trinajstić information content (AvgIpc) is 3.08. The Balaban J connectivity index is 1.98. The van der Waals surface area contributed by atoms with Crippen molar-refractivity contribution >= 4 is 17.2 Å². The van der Waals surface area contributed by atoms with E-state index in [0.29, 0.717) is 35.8 Å². The number of nitrogens with zero attached hydrogens (tertiary/aromatic N) is 1.